The average Bonchev–Trinajstić information content (AvgIpc) is 3.57. The number of fused-ring (bicyclic) bond motifs is 1. The number of nitrogens with one attached hydrogen (secondary N) is 1. The number of amides is 1. The number of aryl methyl sites for hydroxylation is 1. The molecule has 3 heterocycles. The third kappa shape index (κ3) is 3.95. The van der Waals surface area contributed by atoms with Gasteiger partial charge >= 0.3 is 0 Å². The molecule has 4 aromatic rings. The summed E-state index contributed by atoms with van der Waals surface area (Å²) >= 11 is 6.35. The number of primary amides is 1. The summed E-state index contributed by atoms with van der Waals surface area (Å²) in [5.41, 5.74) is 12.2. The van der Waals surface area contributed by atoms with E-state index < -0.39 is 11.9 Å². The molecule has 1 aliphatic rings. The number of aromatic nitrogens is 7. The lowest BCUT2D eigenvalue weighted by Crippen LogP contribution is -2.29. The van der Waals surface area contributed by atoms with Crippen molar-refractivity contribution in [1.29, 1.82) is 0 Å². The van der Waals surface area contributed by atoms with Gasteiger partial charge in [-0.3, -0.25) is 14.2 Å². The number of rotatable bonds is 7. The molecule has 0 spiro atoms. The first-order valence-corrected chi connectivity index (χ1v) is 11.5. The van der Waals surface area contributed by atoms with Gasteiger partial charge in [-0.2, -0.15) is 5.10 Å². The molecule has 0 radical (unpaired) electrons. The second kappa shape index (κ2) is 8.62. The Morgan fingerprint density at radius 2 is 2.06 bits per heavy atom. The number of nitrogen functional groups attached to an aromatic ring is 1. The molecule has 3 aromatic heterocycles. The summed E-state index contributed by atoms with van der Waals surface area (Å²) in [5, 5.41) is 8.40. The Hall–Kier alpha value is -4.06. The van der Waals surface area contributed by atoms with Crippen molar-refractivity contribution in [2.75, 3.05) is 11.1 Å². The standard InChI is InChI=1S/C22H23ClN10O2/c1-3-12(20-29-13-6-4-5-11(23)14(13)22(35)33(20)10-7-8-10)28-18-15(16(24)26-9-27-18)19-30-21(17(25)34)32(2)31-19/h4-6,9-10,12H,3,7-8H2,1-2H3,(H2,25,34)(H3,24,26,27,28). The minimum atomic E-state index is -0.727. The molecule has 180 valence electrons. The molecule has 0 bridgehead atoms. The van der Waals surface area contributed by atoms with Gasteiger partial charge in [-0.05, 0) is 31.4 Å². The minimum Gasteiger partial charge on any atom is -0.383 e. The molecule has 1 aliphatic carbocycles. The van der Waals surface area contributed by atoms with Crippen molar-refractivity contribution in [3.8, 4) is 11.4 Å². The quantitative estimate of drug-likeness (QED) is 0.348. The molecular formula is C22H23ClN10O2. The maximum Gasteiger partial charge on any atom is 0.286 e. The zero-order chi connectivity index (χ0) is 24.9. The van der Waals surface area contributed by atoms with Gasteiger partial charge in [0, 0.05) is 13.1 Å². The number of hydrogen-bond donors (Lipinski definition) is 3. The van der Waals surface area contributed by atoms with Crippen molar-refractivity contribution >= 4 is 40.0 Å². The van der Waals surface area contributed by atoms with E-state index in [1.54, 1.807) is 29.8 Å². The summed E-state index contributed by atoms with van der Waals surface area (Å²) in [6.45, 7) is 1.97. The molecule has 1 saturated carbocycles. The van der Waals surface area contributed by atoms with Crippen LogP contribution in [0.1, 0.15) is 54.7 Å². The van der Waals surface area contributed by atoms with Gasteiger partial charge in [0.25, 0.3) is 11.5 Å². The van der Waals surface area contributed by atoms with E-state index in [-0.39, 0.29) is 29.1 Å². The fourth-order valence-electron chi connectivity index (χ4n) is 4.10. The summed E-state index contributed by atoms with van der Waals surface area (Å²) in [7, 11) is 1.55. The lowest BCUT2D eigenvalue weighted by Gasteiger charge is -2.23. The number of hydrogen-bond acceptors (Lipinski definition) is 9. The van der Waals surface area contributed by atoms with Crippen LogP contribution in [0.3, 0.4) is 0 Å². The Balaban J connectivity index is 1.63. The van der Waals surface area contributed by atoms with E-state index in [0.29, 0.717) is 39.6 Å². The van der Waals surface area contributed by atoms with E-state index in [9.17, 15) is 9.59 Å². The third-order valence-corrected chi connectivity index (χ3v) is 6.25. The predicted molar refractivity (Wildman–Crippen MR) is 131 cm³/mol. The van der Waals surface area contributed by atoms with E-state index in [1.807, 2.05) is 6.92 Å². The van der Waals surface area contributed by atoms with Crippen molar-refractivity contribution < 1.29 is 4.79 Å². The lowest BCUT2D eigenvalue weighted by atomic mass is 10.1. The Morgan fingerprint density at radius 1 is 1.29 bits per heavy atom. The number of halogens is 1. The number of carbonyl (C=O) groups is 1. The number of nitrogens with two attached hydrogens (primary N) is 2. The van der Waals surface area contributed by atoms with Crippen LogP contribution in [0.25, 0.3) is 22.3 Å². The second-order valence-electron chi connectivity index (χ2n) is 8.34. The Bertz CT molecular complexity index is 1520. The van der Waals surface area contributed by atoms with Crippen molar-refractivity contribution in [1.82, 2.24) is 34.3 Å². The zero-order valence-corrected chi connectivity index (χ0v) is 19.8. The Morgan fingerprint density at radius 3 is 2.71 bits per heavy atom. The number of anilines is 2. The van der Waals surface area contributed by atoms with Crippen LogP contribution in [0.2, 0.25) is 5.02 Å². The van der Waals surface area contributed by atoms with Gasteiger partial charge in [-0.15, -0.1) is 0 Å². The second-order valence-corrected chi connectivity index (χ2v) is 8.75. The third-order valence-electron chi connectivity index (χ3n) is 5.93. The fraction of sp³-hybridized carbons (Fsp3) is 0.318. The van der Waals surface area contributed by atoms with E-state index in [2.05, 4.69) is 25.4 Å². The Labute approximate surface area is 204 Å². The zero-order valence-electron chi connectivity index (χ0n) is 19.1. The molecule has 35 heavy (non-hydrogen) atoms. The SMILES string of the molecule is CCC(Nc1ncnc(N)c1-c1nc(C(N)=O)n(C)n1)c1nc2cccc(Cl)c2c(=O)n1C1CC1. The lowest BCUT2D eigenvalue weighted by molar-refractivity contribution is 0.0986. The fourth-order valence-corrected chi connectivity index (χ4v) is 4.35. The number of carbonyl (C=O) groups excluding carboxylic acids is 1. The van der Waals surface area contributed by atoms with Gasteiger partial charge in [0.05, 0.1) is 22.0 Å². The molecule has 13 heteroatoms. The van der Waals surface area contributed by atoms with Gasteiger partial charge in [0.1, 0.15) is 29.4 Å². The van der Waals surface area contributed by atoms with Crippen LogP contribution in [-0.2, 0) is 7.05 Å². The number of nitrogens with zero attached hydrogens (tertiary/aromatic N) is 7. The highest BCUT2D eigenvalue weighted by atomic mass is 35.5. The summed E-state index contributed by atoms with van der Waals surface area (Å²) in [6, 6.07) is 4.89. The largest absolute Gasteiger partial charge is 0.383 e. The average molecular weight is 495 g/mol. The van der Waals surface area contributed by atoms with Crippen LogP contribution in [0.4, 0.5) is 11.6 Å². The molecule has 1 unspecified atom stereocenters. The molecule has 1 fully saturated rings. The van der Waals surface area contributed by atoms with Crippen LogP contribution in [-0.4, -0.2) is 40.2 Å². The van der Waals surface area contributed by atoms with Crippen molar-refractivity contribution in [3.63, 3.8) is 0 Å². The first kappa shape index (κ1) is 22.7. The summed E-state index contributed by atoms with van der Waals surface area (Å²) in [5.74, 6) is 0.428. The molecule has 0 aliphatic heterocycles. The Kier molecular flexibility index (Phi) is 5.59. The van der Waals surface area contributed by atoms with Crippen LogP contribution in [0.5, 0.6) is 0 Å². The monoisotopic (exact) mass is 494 g/mol. The molecule has 12 nitrogen and oxygen atoms in total. The molecule has 0 saturated heterocycles. The van der Waals surface area contributed by atoms with E-state index in [1.165, 1.54) is 11.0 Å². The first-order valence-electron chi connectivity index (χ1n) is 11.1. The highest BCUT2D eigenvalue weighted by Gasteiger charge is 2.32. The van der Waals surface area contributed by atoms with Crippen LogP contribution in [0.15, 0.2) is 29.3 Å². The van der Waals surface area contributed by atoms with Crippen molar-refractivity contribution in [3.05, 3.63) is 51.6 Å². The first-order chi connectivity index (χ1) is 16.8. The van der Waals surface area contributed by atoms with Crippen LogP contribution >= 0.6 is 11.6 Å². The summed E-state index contributed by atoms with van der Waals surface area (Å²) < 4.78 is 2.99. The minimum absolute atomic E-state index is 0.0307. The molecule has 5 rings (SSSR count). The summed E-state index contributed by atoms with van der Waals surface area (Å²) in [6.07, 6.45) is 3.67. The van der Waals surface area contributed by atoms with Gasteiger partial charge < -0.3 is 16.8 Å². The van der Waals surface area contributed by atoms with Gasteiger partial charge in [-0.25, -0.2) is 24.6 Å². The van der Waals surface area contributed by atoms with E-state index in [0.717, 1.165) is 12.8 Å². The summed E-state index contributed by atoms with van der Waals surface area (Å²) in [4.78, 5) is 42.6. The normalized spacial score (nSPS) is 14.3. The maximum atomic E-state index is 13.5. The smallest absolute Gasteiger partial charge is 0.286 e. The molecule has 1 atom stereocenters. The van der Waals surface area contributed by atoms with Gasteiger partial charge in [0.2, 0.25) is 5.82 Å². The topological polar surface area (TPSA) is 173 Å². The van der Waals surface area contributed by atoms with Gasteiger partial charge in [-0.1, -0.05) is 24.6 Å². The van der Waals surface area contributed by atoms with Crippen LogP contribution in [0, 0.1) is 0 Å². The highest BCUT2D eigenvalue weighted by molar-refractivity contribution is 6.35. The highest BCUT2D eigenvalue weighted by Crippen LogP contribution is 2.38. The molecular weight excluding hydrogens is 472 g/mol. The number of benzene rings is 1. The predicted octanol–water partition coefficient (Wildman–Crippen LogP) is 2.21. The molecule has 1 amide bonds. The van der Waals surface area contributed by atoms with Crippen molar-refractivity contribution in [2.24, 2.45) is 12.8 Å². The molecule has 5 N–H and O–H groups in total. The van der Waals surface area contributed by atoms with E-state index >= 15 is 0 Å². The maximum absolute atomic E-state index is 13.5. The molecule has 1 aromatic carbocycles. The van der Waals surface area contributed by atoms with E-state index in [4.69, 9.17) is 28.1 Å². The van der Waals surface area contributed by atoms with Crippen LogP contribution < -0.4 is 22.3 Å². The van der Waals surface area contributed by atoms with Crippen molar-refractivity contribution in [2.45, 2.75) is 38.3 Å². The van der Waals surface area contributed by atoms with Gasteiger partial charge in [0.15, 0.2) is 5.82 Å².